The Hall–Kier alpha value is -3.74. The van der Waals surface area contributed by atoms with E-state index >= 15 is 0 Å². The maximum Gasteiger partial charge on any atom is 0.305 e. The van der Waals surface area contributed by atoms with E-state index in [1.54, 1.807) is 0 Å². The largest absolute Gasteiger partial charge is 0.511 e. The molecule has 4 rings (SSSR count). The number of ether oxygens (including phenoxy) is 1. The van der Waals surface area contributed by atoms with Crippen LogP contribution in [0.5, 0.6) is 0 Å². The molecular weight excluding hydrogens is 454 g/mol. The van der Waals surface area contributed by atoms with Gasteiger partial charge in [-0.15, -0.1) is 0 Å². The third-order valence-electron chi connectivity index (χ3n) is 6.57. The summed E-state index contributed by atoms with van der Waals surface area (Å²) in [5, 5.41) is 18.5. The lowest BCUT2D eigenvalue weighted by atomic mass is 9.75. The molecule has 0 saturated carbocycles. The molecule has 36 heavy (non-hydrogen) atoms. The molecule has 0 bridgehead atoms. The van der Waals surface area contributed by atoms with Crippen molar-refractivity contribution in [3.8, 4) is 0 Å². The van der Waals surface area contributed by atoms with Crippen molar-refractivity contribution in [2.24, 2.45) is 10.5 Å². The van der Waals surface area contributed by atoms with Gasteiger partial charge in [-0.2, -0.15) is 5.10 Å². The summed E-state index contributed by atoms with van der Waals surface area (Å²) in [6.45, 7) is 3.95. The molecule has 0 saturated heterocycles. The van der Waals surface area contributed by atoms with Crippen LogP contribution in [-0.4, -0.2) is 34.7 Å². The third-order valence-corrected chi connectivity index (χ3v) is 6.57. The van der Waals surface area contributed by atoms with Crippen LogP contribution in [0.25, 0.3) is 21.7 Å². The molecule has 0 aliphatic heterocycles. The van der Waals surface area contributed by atoms with Gasteiger partial charge >= 0.3 is 5.97 Å². The standard InChI is InChI=1S/C29H33N3O4/c1-29(2)17-24(33)27(25(34)18-29)23(15-5-4-6-16-26(35)36-3)31-32-28-21-13-8-7-11-19(21)20-12-9-10-14-22(20)30-28/h7-14,33H,4-6,15-18H2,1-3H3,(H,30,32)/b31-23-. The highest BCUT2D eigenvalue weighted by Gasteiger charge is 2.35. The van der Waals surface area contributed by atoms with Crippen LogP contribution in [0.3, 0.4) is 0 Å². The Morgan fingerprint density at radius 3 is 2.39 bits per heavy atom. The van der Waals surface area contributed by atoms with Gasteiger partial charge in [0, 0.05) is 30.0 Å². The molecule has 1 heterocycles. The van der Waals surface area contributed by atoms with E-state index in [-0.39, 0.29) is 22.9 Å². The monoisotopic (exact) mass is 487 g/mol. The number of nitrogens with zero attached hydrogens (tertiary/aromatic N) is 2. The molecule has 0 spiro atoms. The second-order valence-corrected chi connectivity index (χ2v) is 10.1. The maximum atomic E-state index is 13.1. The van der Waals surface area contributed by atoms with Gasteiger partial charge in [0.05, 0.1) is 23.9 Å². The molecule has 0 unspecified atom stereocenters. The topological polar surface area (TPSA) is 101 Å². The first-order chi connectivity index (χ1) is 17.3. The van der Waals surface area contributed by atoms with E-state index in [0.29, 0.717) is 49.2 Å². The number of benzene rings is 2. The Bertz CT molecular complexity index is 1360. The molecule has 2 aromatic carbocycles. The summed E-state index contributed by atoms with van der Waals surface area (Å²) < 4.78 is 4.71. The number of aliphatic hydroxyl groups excluding tert-OH is 1. The van der Waals surface area contributed by atoms with E-state index < -0.39 is 0 Å². The highest BCUT2D eigenvalue weighted by molar-refractivity contribution is 6.23. The molecule has 1 aromatic heterocycles. The number of para-hydroxylation sites is 1. The minimum absolute atomic E-state index is 0.0858. The van der Waals surface area contributed by atoms with Gasteiger partial charge < -0.3 is 9.84 Å². The Balaban J connectivity index is 1.66. The Labute approximate surface area is 211 Å². The number of nitrogens with one attached hydrogen (secondary N) is 1. The summed E-state index contributed by atoms with van der Waals surface area (Å²) >= 11 is 0. The molecule has 0 atom stereocenters. The van der Waals surface area contributed by atoms with Crippen LogP contribution in [0.15, 0.2) is 65.0 Å². The average Bonchev–Trinajstić information content (AvgIpc) is 2.85. The number of carbonyl (C=O) groups is 2. The van der Waals surface area contributed by atoms with Crippen LogP contribution >= 0.6 is 0 Å². The van der Waals surface area contributed by atoms with Gasteiger partial charge in [0.25, 0.3) is 0 Å². The molecule has 0 amide bonds. The zero-order valence-electron chi connectivity index (χ0n) is 21.1. The summed E-state index contributed by atoms with van der Waals surface area (Å²) in [5.41, 5.74) is 4.49. The molecule has 7 heteroatoms. The number of allylic oxidation sites excluding steroid dienone is 2. The van der Waals surface area contributed by atoms with Crippen LogP contribution < -0.4 is 5.43 Å². The van der Waals surface area contributed by atoms with Crippen molar-refractivity contribution < 1.29 is 19.4 Å². The Morgan fingerprint density at radius 1 is 1.00 bits per heavy atom. The van der Waals surface area contributed by atoms with Crippen molar-refractivity contribution in [1.29, 1.82) is 0 Å². The number of carbonyl (C=O) groups excluding carboxylic acids is 2. The fourth-order valence-corrected chi connectivity index (χ4v) is 4.80. The number of Topliss-reactive ketones (excluding diaryl/α,β-unsaturated/α-hetero) is 1. The van der Waals surface area contributed by atoms with Crippen LogP contribution in [0, 0.1) is 5.41 Å². The van der Waals surface area contributed by atoms with E-state index in [1.165, 1.54) is 7.11 Å². The van der Waals surface area contributed by atoms with E-state index in [0.717, 1.165) is 34.5 Å². The number of unbranched alkanes of at least 4 members (excludes halogenated alkanes) is 2. The molecular formula is C29H33N3O4. The minimum atomic E-state index is -0.292. The highest BCUT2D eigenvalue weighted by Crippen LogP contribution is 2.37. The first-order valence-electron chi connectivity index (χ1n) is 12.4. The lowest BCUT2D eigenvalue weighted by Crippen LogP contribution is -2.29. The molecule has 0 radical (unpaired) electrons. The number of fused-ring (bicyclic) bond motifs is 3. The number of anilines is 1. The number of ketones is 1. The van der Waals surface area contributed by atoms with E-state index in [9.17, 15) is 14.7 Å². The number of hydrogen-bond donors (Lipinski definition) is 2. The molecule has 7 nitrogen and oxygen atoms in total. The van der Waals surface area contributed by atoms with Crippen LogP contribution in [0.1, 0.15) is 58.8 Å². The second kappa shape index (κ2) is 10.9. The zero-order valence-corrected chi connectivity index (χ0v) is 21.1. The quantitative estimate of drug-likeness (QED) is 0.118. The average molecular weight is 488 g/mol. The van der Waals surface area contributed by atoms with E-state index in [1.807, 2.05) is 56.3 Å². The summed E-state index contributed by atoms with van der Waals surface area (Å²) in [6, 6.07) is 15.9. The predicted octanol–water partition coefficient (Wildman–Crippen LogP) is 6.48. The third kappa shape index (κ3) is 5.73. The molecule has 1 aliphatic carbocycles. The number of hydrazone groups is 1. The lowest BCUT2D eigenvalue weighted by Gasteiger charge is -2.30. The minimum Gasteiger partial charge on any atom is -0.511 e. The van der Waals surface area contributed by atoms with Crippen molar-refractivity contribution in [3.63, 3.8) is 0 Å². The molecule has 3 aromatic rings. The predicted molar refractivity (Wildman–Crippen MR) is 143 cm³/mol. The second-order valence-electron chi connectivity index (χ2n) is 10.1. The fraction of sp³-hybridized carbons (Fsp3) is 0.379. The van der Waals surface area contributed by atoms with Gasteiger partial charge in [-0.25, -0.2) is 4.98 Å². The number of pyridine rings is 1. The van der Waals surface area contributed by atoms with Gasteiger partial charge in [-0.05, 0) is 36.1 Å². The summed E-state index contributed by atoms with van der Waals surface area (Å²) in [5.74, 6) is 0.346. The first-order valence-corrected chi connectivity index (χ1v) is 12.4. The number of hydrogen-bond acceptors (Lipinski definition) is 7. The normalized spacial score (nSPS) is 16.0. The van der Waals surface area contributed by atoms with Gasteiger partial charge in [0.1, 0.15) is 5.76 Å². The van der Waals surface area contributed by atoms with Gasteiger partial charge in [-0.3, -0.25) is 15.0 Å². The van der Waals surface area contributed by atoms with Crippen LogP contribution in [0.2, 0.25) is 0 Å². The maximum absolute atomic E-state index is 13.1. The van der Waals surface area contributed by atoms with Crippen molar-refractivity contribution in [2.75, 3.05) is 12.5 Å². The lowest BCUT2D eigenvalue weighted by molar-refractivity contribution is -0.140. The summed E-state index contributed by atoms with van der Waals surface area (Å²) in [4.78, 5) is 29.3. The number of aromatic nitrogens is 1. The summed E-state index contributed by atoms with van der Waals surface area (Å²) in [7, 11) is 1.38. The Kier molecular flexibility index (Phi) is 7.67. The van der Waals surface area contributed by atoms with Crippen molar-refractivity contribution in [3.05, 3.63) is 59.9 Å². The molecule has 1 aliphatic rings. The van der Waals surface area contributed by atoms with E-state index in [2.05, 4.69) is 16.6 Å². The van der Waals surface area contributed by atoms with Gasteiger partial charge in [0.2, 0.25) is 0 Å². The van der Waals surface area contributed by atoms with Crippen molar-refractivity contribution in [1.82, 2.24) is 4.98 Å². The van der Waals surface area contributed by atoms with Crippen LogP contribution in [0.4, 0.5) is 5.82 Å². The van der Waals surface area contributed by atoms with Gasteiger partial charge in [0.15, 0.2) is 11.6 Å². The van der Waals surface area contributed by atoms with Crippen LogP contribution in [-0.2, 0) is 14.3 Å². The van der Waals surface area contributed by atoms with Gasteiger partial charge in [-0.1, -0.05) is 62.7 Å². The van der Waals surface area contributed by atoms with Crippen molar-refractivity contribution in [2.45, 2.75) is 58.8 Å². The smallest absolute Gasteiger partial charge is 0.305 e. The first kappa shape index (κ1) is 25.4. The highest BCUT2D eigenvalue weighted by atomic mass is 16.5. The van der Waals surface area contributed by atoms with Crippen molar-refractivity contribution >= 4 is 45.0 Å². The number of aliphatic hydroxyl groups is 1. The molecule has 188 valence electrons. The Morgan fingerprint density at radius 2 is 1.67 bits per heavy atom. The van der Waals surface area contributed by atoms with E-state index in [4.69, 9.17) is 9.72 Å². The number of esters is 1. The number of methoxy groups -OCH3 is 1. The fourth-order valence-electron chi connectivity index (χ4n) is 4.80. The summed E-state index contributed by atoms with van der Waals surface area (Å²) in [6.07, 6.45) is 3.81. The SMILES string of the molecule is COC(=O)CCCCC/C(=N/Nc1nc2ccccc2c2ccccc12)C1=C(O)CC(C)(C)CC1=O. The number of rotatable bonds is 9. The molecule has 0 fully saturated rings. The molecule has 2 N–H and O–H groups in total. The zero-order chi connectivity index (χ0) is 25.7.